The number of fused-ring (bicyclic) bond motifs is 3. The zero-order valence-corrected chi connectivity index (χ0v) is 18.5. The van der Waals surface area contributed by atoms with Crippen LogP contribution in [-0.2, 0) is 5.41 Å². The minimum atomic E-state index is -0.263. The van der Waals surface area contributed by atoms with Gasteiger partial charge in [0.05, 0.1) is 18.9 Å². The maximum atomic E-state index is 6.50. The largest absolute Gasteiger partial charge is 0.497 e. The van der Waals surface area contributed by atoms with Gasteiger partial charge in [0.15, 0.2) is 0 Å². The lowest BCUT2D eigenvalue weighted by Gasteiger charge is -2.38. The van der Waals surface area contributed by atoms with Crippen LogP contribution in [0.3, 0.4) is 0 Å². The zero-order valence-electron chi connectivity index (χ0n) is 18.5. The predicted molar refractivity (Wildman–Crippen MR) is 124 cm³/mol. The van der Waals surface area contributed by atoms with Crippen LogP contribution in [-0.4, -0.2) is 17.8 Å². The molecule has 3 aromatic carbocycles. The summed E-state index contributed by atoms with van der Waals surface area (Å²) in [6.07, 6.45) is 0.575. The monoisotopic (exact) mass is 412 g/mol. The molecule has 0 aliphatic carbocycles. The number of ether oxygens (including phenoxy) is 2. The van der Waals surface area contributed by atoms with Crippen LogP contribution in [0.1, 0.15) is 61.7 Å². The van der Waals surface area contributed by atoms with Crippen molar-refractivity contribution in [2.75, 3.05) is 7.11 Å². The Kier molecular flexibility index (Phi) is 4.73. The maximum absolute atomic E-state index is 6.50. The van der Waals surface area contributed by atoms with Crippen LogP contribution in [0.15, 0.2) is 77.9 Å². The molecule has 4 nitrogen and oxygen atoms in total. The molecule has 0 fully saturated rings. The second-order valence-electron chi connectivity index (χ2n) is 9.26. The van der Waals surface area contributed by atoms with Crippen molar-refractivity contribution in [3.63, 3.8) is 0 Å². The first kappa shape index (κ1) is 19.7. The highest BCUT2D eigenvalue weighted by Crippen LogP contribution is 2.48. The highest BCUT2D eigenvalue weighted by molar-refractivity contribution is 6.01. The fourth-order valence-electron chi connectivity index (χ4n) is 4.37. The van der Waals surface area contributed by atoms with Gasteiger partial charge >= 0.3 is 0 Å². The third kappa shape index (κ3) is 3.56. The summed E-state index contributed by atoms with van der Waals surface area (Å²) in [6, 6.07) is 25.3. The number of methoxy groups -OCH3 is 1. The fraction of sp³-hybridized carbons (Fsp3) is 0.296. The number of benzene rings is 3. The van der Waals surface area contributed by atoms with Crippen LogP contribution in [0.25, 0.3) is 0 Å². The highest BCUT2D eigenvalue weighted by Gasteiger charge is 2.41. The van der Waals surface area contributed by atoms with E-state index >= 15 is 0 Å². The second-order valence-corrected chi connectivity index (χ2v) is 9.26. The van der Waals surface area contributed by atoms with Gasteiger partial charge in [-0.1, -0.05) is 75.4 Å². The Bertz CT molecular complexity index is 1110. The van der Waals surface area contributed by atoms with Gasteiger partial charge < -0.3 is 9.47 Å². The van der Waals surface area contributed by atoms with Crippen LogP contribution in [0.2, 0.25) is 0 Å². The summed E-state index contributed by atoms with van der Waals surface area (Å²) in [5.74, 6) is 1.74. The second kappa shape index (κ2) is 7.45. The molecule has 0 bridgehead atoms. The first-order valence-electron chi connectivity index (χ1n) is 10.8. The summed E-state index contributed by atoms with van der Waals surface area (Å²) >= 11 is 0. The molecule has 158 valence electrons. The molecule has 2 heterocycles. The Morgan fingerprint density at radius 3 is 2.39 bits per heavy atom. The van der Waals surface area contributed by atoms with Crippen molar-refractivity contribution in [3.05, 3.63) is 95.1 Å². The normalized spacial score (nSPS) is 19.9. The lowest BCUT2D eigenvalue weighted by Crippen LogP contribution is -2.33. The van der Waals surface area contributed by atoms with E-state index in [1.54, 1.807) is 7.11 Å². The van der Waals surface area contributed by atoms with E-state index < -0.39 is 0 Å². The van der Waals surface area contributed by atoms with Crippen LogP contribution in [0.5, 0.6) is 11.5 Å². The van der Waals surface area contributed by atoms with E-state index in [0.29, 0.717) is 0 Å². The summed E-state index contributed by atoms with van der Waals surface area (Å²) in [5, 5.41) is 7.17. The van der Waals surface area contributed by atoms with Gasteiger partial charge in [-0.2, -0.15) is 5.10 Å². The molecule has 0 radical (unpaired) electrons. The van der Waals surface area contributed by atoms with Crippen molar-refractivity contribution >= 4 is 5.71 Å². The Labute approximate surface area is 184 Å². The van der Waals surface area contributed by atoms with Crippen LogP contribution in [0.4, 0.5) is 0 Å². The first-order valence-corrected chi connectivity index (χ1v) is 10.8. The van der Waals surface area contributed by atoms with Crippen molar-refractivity contribution in [1.82, 2.24) is 5.01 Å². The van der Waals surface area contributed by atoms with Gasteiger partial charge in [0, 0.05) is 17.5 Å². The number of hydrogen-bond donors (Lipinski definition) is 0. The van der Waals surface area contributed by atoms with Crippen molar-refractivity contribution in [1.29, 1.82) is 0 Å². The van der Waals surface area contributed by atoms with Crippen LogP contribution in [0, 0.1) is 0 Å². The van der Waals surface area contributed by atoms with E-state index in [1.807, 2.05) is 18.2 Å². The Morgan fingerprint density at radius 1 is 0.968 bits per heavy atom. The molecule has 0 saturated carbocycles. The van der Waals surface area contributed by atoms with Crippen LogP contribution >= 0.6 is 0 Å². The molecule has 2 aliphatic rings. The smallest absolute Gasteiger partial charge is 0.213 e. The topological polar surface area (TPSA) is 34.1 Å². The third-order valence-corrected chi connectivity index (χ3v) is 6.17. The van der Waals surface area contributed by atoms with Gasteiger partial charge in [0.25, 0.3) is 0 Å². The summed E-state index contributed by atoms with van der Waals surface area (Å²) in [6.45, 7) is 6.70. The fourth-order valence-corrected chi connectivity index (χ4v) is 4.37. The van der Waals surface area contributed by atoms with Crippen molar-refractivity contribution in [2.24, 2.45) is 5.10 Å². The molecule has 2 atom stereocenters. The molecular formula is C27H28N2O2. The molecule has 4 heteroatoms. The molecule has 0 N–H and O–H groups in total. The van der Waals surface area contributed by atoms with Gasteiger partial charge in [-0.3, -0.25) is 0 Å². The predicted octanol–water partition coefficient (Wildman–Crippen LogP) is 6.24. The van der Waals surface area contributed by atoms with E-state index in [-0.39, 0.29) is 17.7 Å². The van der Waals surface area contributed by atoms with Gasteiger partial charge in [-0.05, 0) is 34.7 Å². The van der Waals surface area contributed by atoms with Crippen molar-refractivity contribution in [2.45, 2.75) is 44.9 Å². The maximum Gasteiger partial charge on any atom is 0.213 e. The summed E-state index contributed by atoms with van der Waals surface area (Å²) in [7, 11) is 1.70. The molecule has 0 aromatic heterocycles. The van der Waals surface area contributed by atoms with Crippen molar-refractivity contribution in [3.8, 4) is 11.5 Å². The Balaban J connectivity index is 1.57. The van der Waals surface area contributed by atoms with E-state index in [0.717, 1.165) is 40.3 Å². The van der Waals surface area contributed by atoms with Gasteiger partial charge in [-0.15, -0.1) is 0 Å². The average molecular weight is 413 g/mol. The van der Waals surface area contributed by atoms with Gasteiger partial charge in [0.2, 0.25) is 6.23 Å². The summed E-state index contributed by atoms with van der Waals surface area (Å²) < 4.78 is 12.0. The minimum Gasteiger partial charge on any atom is -0.497 e. The highest BCUT2D eigenvalue weighted by atomic mass is 16.5. The summed E-state index contributed by atoms with van der Waals surface area (Å²) in [5.41, 5.74) is 5.89. The number of rotatable bonds is 3. The molecular weight excluding hydrogens is 384 g/mol. The molecule has 2 aliphatic heterocycles. The number of hydrogen-bond acceptors (Lipinski definition) is 4. The minimum absolute atomic E-state index is 0.112. The first-order chi connectivity index (χ1) is 14.9. The van der Waals surface area contributed by atoms with Gasteiger partial charge in [0.1, 0.15) is 11.5 Å². The molecule has 0 amide bonds. The summed E-state index contributed by atoms with van der Waals surface area (Å²) in [4.78, 5) is 0. The molecule has 0 saturated heterocycles. The number of hydrazone groups is 1. The van der Waals surface area contributed by atoms with E-state index in [4.69, 9.17) is 14.6 Å². The van der Waals surface area contributed by atoms with Crippen LogP contribution < -0.4 is 9.47 Å². The SMILES string of the molecule is COc1ccc2c(c1)C1CC(c3ccccc3)=NN1C(c1ccc(C(C)(C)C)cc1)O2. The molecule has 31 heavy (non-hydrogen) atoms. The molecule has 2 unspecified atom stereocenters. The van der Waals surface area contributed by atoms with Gasteiger partial charge in [-0.25, -0.2) is 5.01 Å². The lowest BCUT2D eigenvalue weighted by atomic mass is 9.86. The Hall–Kier alpha value is -3.27. The standard InChI is InChI=1S/C27H28N2O2/c1-27(2,3)20-12-10-19(11-13-20)26-29-24(17-23(28-29)18-8-6-5-7-9-18)22-16-21(30-4)14-15-25(22)31-26/h5-16,24,26H,17H2,1-4H3. The zero-order chi connectivity index (χ0) is 21.6. The van der Waals surface area contributed by atoms with E-state index in [9.17, 15) is 0 Å². The molecule has 0 spiro atoms. The van der Waals surface area contributed by atoms with E-state index in [1.165, 1.54) is 5.56 Å². The lowest BCUT2D eigenvalue weighted by molar-refractivity contribution is -0.0191. The third-order valence-electron chi connectivity index (χ3n) is 6.17. The molecule has 3 aromatic rings. The van der Waals surface area contributed by atoms with E-state index in [2.05, 4.69) is 80.4 Å². The Morgan fingerprint density at radius 2 is 1.71 bits per heavy atom. The average Bonchev–Trinajstić information content (AvgIpc) is 3.24. The van der Waals surface area contributed by atoms with Crippen molar-refractivity contribution < 1.29 is 9.47 Å². The molecule has 5 rings (SSSR count). The number of nitrogens with zero attached hydrogens (tertiary/aromatic N) is 2. The quantitative estimate of drug-likeness (QED) is 0.511.